The van der Waals surface area contributed by atoms with Gasteiger partial charge in [0.25, 0.3) is 5.91 Å². The Morgan fingerprint density at radius 3 is 2.68 bits per heavy atom. The predicted octanol–water partition coefficient (Wildman–Crippen LogP) is 2.50. The monoisotopic (exact) mass is 299 g/mol. The highest BCUT2D eigenvalue weighted by atomic mass is 16.5. The maximum absolute atomic E-state index is 12.2. The first kappa shape index (κ1) is 14.6. The van der Waals surface area contributed by atoms with Crippen LogP contribution in [0.1, 0.15) is 30.0 Å². The van der Waals surface area contributed by atoms with Crippen LogP contribution in [0.2, 0.25) is 0 Å². The fourth-order valence-corrected chi connectivity index (χ4v) is 2.80. The van der Waals surface area contributed by atoms with Gasteiger partial charge < -0.3 is 14.6 Å². The zero-order chi connectivity index (χ0) is 15.4. The fraction of sp³-hybridized carbons (Fsp3) is 0.412. The van der Waals surface area contributed by atoms with Crippen molar-refractivity contribution in [1.82, 2.24) is 14.9 Å². The maximum atomic E-state index is 12.2. The molecule has 2 aromatic rings. The number of amides is 1. The number of rotatable bonds is 4. The average Bonchev–Trinajstić information content (AvgIpc) is 3.09. The number of nitrogens with zero attached hydrogens (tertiary/aromatic N) is 2. The van der Waals surface area contributed by atoms with Crippen LogP contribution in [0.5, 0.6) is 5.75 Å². The van der Waals surface area contributed by atoms with Gasteiger partial charge in [-0.1, -0.05) is 17.7 Å². The number of hydrogen-bond donors (Lipinski definition) is 1. The average molecular weight is 299 g/mol. The molecule has 5 heteroatoms. The topological polar surface area (TPSA) is 58.2 Å². The minimum Gasteiger partial charge on any atom is -0.484 e. The van der Waals surface area contributed by atoms with E-state index in [2.05, 4.69) is 9.97 Å². The highest BCUT2D eigenvalue weighted by Gasteiger charge is 2.24. The van der Waals surface area contributed by atoms with Crippen molar-refractivity contribution in [2.45, 2.75) is 25.7 Å². The number of H-pyrrole nitrogens is 1. The van der Waals surface area contributed by atoms with Gasteiger partial charge in [-0.25, -0.2) is 4.98 Å². The Labute approximate surface area is 130 Å². The Hall–Kier alpha value is -2.30. The zero-order valence-electron chi connectivity index (χ0n) is 12.8. The van der Waals surface area contributed by atoms with Gasteiger partial charge in [0.05, 0.1) is 6.33 Å². The van der Waals surface area contributed by atoms with Gasteiger partial charge >= 0.3 is 0 Å². The number of likely N-dealkylation sites (tertiary alicyclic amines) is 1. The van der Waals surface area contributed by atoms with E-state index in [1.165, 1.54) is 11.3 Å². The molecule has 0 bridgehead atoms. The molecule has 1 aliphatic heterocycles. The van der Waals surface area contributed by atoms with E-state index in [1.54, 1.807) is 6.33 Å². The van der Waals surface area contributed by atoms with Crippen LogP contribution in [0.15, 0.2) is 36.8 Å². The zero-order valence-corrected chi connectivity index (χ0v) is 12.8. The highest BCUT2D eigenvalue weighted by molar-refractivity contribution is 5.77. The standard InChI is InChI=1S/C17H21N3O2/c1-13-2-4-15(5-3-13)22-11-17(21)20-8-6-14(7-9-20)16-10-18-12-19-16/h2-5,10,12,14H,6-9,11H2,1H3,(H,18,19). The Morgan fingerprint density at radius 2 is 2.05 bits per heavy atom. The third-order valence-corrected chi connectivity index (χ3v) is 4.19. The normalized spacial score (nSPS) is 15.8. The summed E-state index contributed by atoms with van der Waals surface area (Å²) in [4.78, 5) is 21.3. The van der Waals surface area contributed by atoms with E-state index in [0.29, 0.717) is 5.92 Å². The molecular formula is C17H21N3O2. The number of imidazole rings is 1. The van der Waals surface area contributed by atoms with Crippen LogP contribution in [-0.2, 0) is 4.79 Å². The van der Waals surface area contributed by atoms with Gasteiger partial charge in [-0.15, -0.1) is 0 Å². The van der Waals surface area contributed by atoms with Crippen LogP contribution in [0, 0.1) is 6.92 Å². The van der Waals surface area contributed by atoms with E-state index in [-0.39, 0.29) is 12.5 Å². The number of carbonyl (C=O) groups is 1. The summed E-state index contributed by atoms with van der Waals surface area (Å²) in [6.07, 6.45) is 5.53. The van der Waals surface area contributed by atoms with Crippen LogP contribution in [0.3, 0.4) is 0 Å². The molecule has 1 saturated heterocycles. The molecular weight excluding hydrogens is 278 g/mol. The van der Waals surface area contributed by atoms with Gasteiger partial charge in [0, 0.05) is 30.9 Å². The largest absolute Gasteiger partial charge is 0.484 e. The van der Waals surface area contributed by atoms with E-state index in [0.717, 1.165) is 31.7 Å². The molecule has 1 aliphatic rings. The van der Waals surface area contributed by atoms with Gasteiger partial charge in [0.1, 0.15) is 5.75 Å². The lowest BCUT2D eigenvalue weighted by atomic mass is 9.94. The van der Waals surface area contributed by atoms with Gasteiger partial charge in [-0.05, 0) is 31.9 Å². The Bertz CT molecular complexity index is 599. The van der Waals surface area contributed by atoms with E-state index in [1.807, 2.05) is 42.3 Å². The second-order valence-corrected chi connectivity index (χ2v) is 5.76. The maximum Gasteiger partial charge on any atom is 0.260 e. The molecule has 0 aliphatic carbocycles. The summed E-state index contributed by atoms with van der Waals surface area (Å²) in [6.45, 7) is 3.69. The summed E-state index contributed by atoms with van der Waals surface area (Å²) >= 11 is 0. The predicted molar refractivity (Wildman–Crippen MR) is 83.8 cm³/mol. The van der Waals surface area contributed by atoms with Gasteiger partial charge in [0.15, 0.2) is 6.61 Å². The SMILES string of the molecule is Cc1ccc(OCC(=O)N2CCC(c3cnc[nH]3)CC2)cc1. The molecule has 0 spiro atoms. The molecule has 0 saturated carbocycles. The number of piperidine rings is 1. The van der Waals surface area contributed by atoms with E-state index in [9.17, 15) is 4.79 Å². The van der Waals surface area contributed by atoms with Crippen molar-refractivity contribution in [3.63, 3.8) is 0 Å². The van der Waals surface area contributed by atoms with Crippen LogP contribution in [0.4, 0.5) is 0 Å². The number of hydrogen-bond acceptors (Lipinski definition) is 3. The smallest absolute Gasteiger partial charge is 0.260 e. The quantitative estimate of drug-likeness (QED) is 0.943. The second kappa shape index (κ2) is 6.64. The molecule has 22 heavy (non-hydrogen) atoms. The molecule has 116 valence electrons. The number of carbonyl (C=O) groups excluding carboxylic acids is 1. The van der Waals surface area contributed by atoms with Crippen LogP contribution < -0.4 is 4.74 Å². The molecule has 0 unspecified atom stereocenters. The minimum absolute atomic E-state index is 0.0589. The van der Waals surface area contributed by atoms with E-state index in [4.69, 9.17) is 4.74 Å². The second-order valence-electron chi connectivity index (χ2n) is 5.76. The lowest BCUT2D eigenvalue weighted by Crippen LogP contribution is -2.40. The summed E-state index contributed by atoms with van der Waals surface area (Å²) in [5.41, 5.74) is 2.35. The van der Waals surface area contributed by atoms with Crippen LogP contribution in [0.25, 0.3) is 0 Å². The van der Waals surface area contributed by atoms with Gasteiger partial charge in [-0.2, -0.15) is 0 Å². The number of aromatic nitrogens is 2. The lowest BCUT2D eigenvalue weighted by molar-refractivity contribution is -0.134. The highest BCUT2D eigenvalue weighted by Crippen LogP contribution is 2.26. The van der Waals surface area contributed by atoms with E-state index < -0.39 is 0 Å². The summed E-state index contributed by atoms with van der Waals surface area (Å²) in [5.74, 6) is 1.28. The number of nitrogens with one attached hydrogen (secondary N) is 1. The number of aromatic amines is 1. The molecule has 1 aromatic carbocycles. The molecule has 5 nitrogen and oxygen atoms in total. The number of benzene rings is 1. The molecule has 1 aromatic heterocycles. The van der Waals surface area contributed by atoms with Crippen molar-refractivity contribution in [2.24, 2.45) is 0 Å². The van der Waals surface area contributed by atoms with Crippen molar-refractivity contribution >= 4 is 5.91 Å². The van der Waals surface area contributed by atoms with Crippen molar-refractivity contribution in [3.8, 4) is 5.75 Å². The molecule has 0 atom stereocenters. The molecule has 0 radical (unpaired) electrons. The minimum atomic E-state index is 0.0589. The lowest BCUT2D eigenvalue weighted by Gasteiger charge is -2.31. The fourth-order valence-electron chi connectivity index (χ4n) is 2.80. The van der Waals surface area contributed by atoms with Gasteiger partial charge in [0.2, 0.25) is 0 Å². The summed E-state index contributed by atoms with van der Waals surface area (Å²) in [7, 11) is 0. The third kappa shape index (κ3) is 3.47. The van der Waals surface area contributed by atoms with Gasteiger partial charge in [-0.3, -0.25) is 4.79 Å². The molecule has 2 heterocycles. The van der Waals surface area contributed by atoms with Crippen LogP contribution in [-0.4, -0.2) is 40.5 Å². The number of aryl methyl sites for hydroxylation is 1. The molecule has 1 amide bonds. The summed E-state index contributed by atoms with van der Waals surface area (Å²) < 4.78 is 5.57. The Morgan fingerprint density at radius 1 is 1.32 bits per heavy atom. The summed E-state index contributed by atoms with van der Waals surface area (Å²) in [6, 6.07) is 7.76. The molecule has 1 fully saturated rings. The van der Waals surface area contributed by atoms with Crippen molar-refractivity contribution < 1.29 is 9.53 Å². The van der Waals surface area contributed by atoms with Crippen molar-refractivity contribution in [2.75, 3.05) is 19.7 Å². The number of ether oxygens (including phenoxy) is 1. The first-order chi connectivity index (χ1) is 10.7. The summed E-state index contributed by atoms with van der Waals surface area (Å²) in [5, 5.41) is 0. The van der Waals surface area contributed by atoms with Crippen molar-refractivity contribution in [3.05, 3.63) is 48.0 Å². The first-order valence-corrected chi connectivity index (χ1v) is 7.68. The third-order valence-electron chi connectivity index (χ3n) is 4.19. The Kier molecular flexibility index (Phi) is 4.42. The molecule has 1 N–H and O–H groups in total. The molecule has 3 rings (SSSR count). The van der Waals surface area contributed by atoms with Crippen LogP contribution >= 0.6 is 0 Å². The van der Waals surface area contributed by atoms with E-state index >= 15 is 0 Å². The first-order valence-electron chi connectivity index (χ1n) is 7.68. The Balaban J connectivity index is 1.46. The van der Waals surface area contributed by atoms with Crippen molar-refractivity contribution in [1.29, 1.82) is 0 Å².